The topological polar surface area (TPSA) is 95.9 Å². The summed E-state index contributed by atoms with van der Waals surface area (Å²) in [4.78, 5) is 29.5. The zero-order chi connectivity index (χ0) is 14.0. The summed E-state index contributed by atoms with van der Waals surface area (Å²) in [7, 11) is -4.32. The van der Waals surface area contributed by atoms with Gasteiger partial charge in [0.05, 0.1) is 5.30 Å². The van der Waals surface area contributed by atoms with Crippen molar-refractivity contribution < 1.29 is 23.9 Å². The molecule has 1 aromatic rings. The van der Waals surface area contributed by atoms with Crippen LogP contribution in [0.4, 0.5) is 10.5 Å². The largest absolute Gasteiger partial charge is 0.444 e. The smallest absolute Gasteiger partial charge is 0.412 e. The van der Waals surface area contributed by atoms with E-state index in [0.29, 0.717) is 0 Å². The van der Waals surface area contributed by atoms with E-state index in [9.17, 15) is 9.36 Å². The van der Waals surface area contributed by atoms with Gasteiger partial charge in [-0.1, -0.05) is 6.07 Å². The lowest BCUT2D eigenvalue weighted by molar-refractivity contribution is 0.0636. The molecule has 100 valence electrons. The maximum atomic E-state index is 11.5. The molecule has 0 radical (unpaired) electrons. The molecule has 0 unspecified atom stereocenters. The zero-order valence-electron chi connectivity index (χ0n) is 10.4. The number of hydrogen-bond acceptors (Lipinski definition) is 3. The Labute approximate surface area is 105 Å². The summed E-state index contributed by atoms with van der Waals surface area (Å²) in [5.41, 5.74) is -0.365. The summed E-state index contributed by atoms with van der Waals surface area (Å²) in [5.74, 6) is 0. The Hall–Kier alpha value is -1.36. The molecule has 0 atom stereocenters. The number of amides is 1. The van der Waals surface area contributed by atoms with Crippen LogP contribution < -0.4 is 10.6 Å². The molecule has 1 aromatic carbocycles. The van der Waals surface area contributed by atoms with Gasteiger partial charge in [0.25, 0.3) is 0 Å². The highest BCUT2D eigenvalue weighted by molar-refractivity contribution is 7.60. The molecule has 0 aliphatic carbocycles. The Morgan fingerprint density at radius 3 is 2.44 bits per heavy atom. The lowest BCUT2D eigenvalue weighted by Crippen LogP contribution is -2.27. The van der Waals surface area contributed by atoms with Gasteiger partial charge in [0.15, 0.2) is 0 Å². The van der Waals surface area contributed by atoms with Crippen molar-refractivity contribution in [3.8, 4) is 0 Å². The second kappa shape index (κ2) is 5.10. The quantitative estimate of drug-likeness (QED) is 0.714. The van der Waals surface area contributed by atoms with Gasteiger partial charge < -0.3 is 14.5 Å². The molecular weight excluding hydrogens is 257 g/mol. The Bertz CT molecular complexity index is 488. The molecule has 0 aromatic heterocycles. The molecule has 0 aliphatic heterocycles. The van der Waals surface area contributed by atoms with Crippen LogP contribution in [0.1, 0.15) is 20.8 Å². The van der Waals surface area contributed by atoms with Crippen molar-refractivity contribution in [2.45, 2.75) is 26.4 Å². The van der Waals surface area contributed by atoms with E-state index >= 15 is 0 Å². The molecule has 3 N–H and O–H groups in total. The maximum Gasteiger partial charge on any atom is 0.412 e. The lowest BCUT2D eigenvalue weighted by Gasteiger charge is -2.19. The van der Waals surface area contributed by atoms with Crippen LogP contribution in [0.2, 0.25) is 0 Å². The van der Waals surface area contributed by atoms with Crippen LogP contribution in [0.3, 0.4) is 0 Å². The second-order valence-electron chi connectivity index (χ2n) is 4.72. The van der Waals surface area contributed by atoms with E-state index < -0.39 is 19.3 Å². The van der Waals surface area contributed by atoms with Crippen LogP contribution in [-0.4, -0.2) is 21.5 Å². The molecule has 0 heterocycles. The minimum atomic E-state index is -4.32. The first-order chi connectivity index (χ1) is 8.08. The number of hydrogen-bond donors (Lipinski definition) is 3. The monoisotopic (exact) mass is 273 g/mol. The second-order valence-corrected chi connectivity index (χ2v) is 6.33. The van der Waals surface area contributed by atoms with Gasteiger partial charge in [-0.3, -0.25) is 9.88 Å². The number of ether oxygens (including phenoxy) is 1. The van der Waals surface area contributed by atoms with E-state index in [1.807, 2.05) is 0 Å². The number of benzene rings is 1. The highest BCUT2D eigenvalue weighted by Gasteiger charge is 2.19. The summed E-state index contributed by atoms with van der Waals surface area (Å²) in [6.07, 6.45) is -0.676. The molecule has 18 heavy (non-hydrogen) atoms. The zero-order valence-corrected chi connectivity index (χ0v) is 11.3. The minimum absolute atomic E-state index is 0.156. The summed E-state index contributed by atoms with van der Waals surface area (Å²) >= 11 is 0. The number of carbonyl (C=O) groups is 1. The van der Waals surface area contributed by atoms with Gasteiger partial charge in [0.1, 0.15) is 5.60 Å². The molecule has 7 heteroatoms. The van der Waals surface area contributed by atoms with Crippen molar-refractivity contribution in [2.75, 3.05) is 5.32 Å². The number of rotatable bonds is 2. The molecule has 0 bridgehead atoms. The van der Waals surface area contributed by atoms with Gasteiger partial charge in [-0.2, -0.15) is 0 Å². The van der Waals surface area contributed by atoms with Crippen molar-refractivity contribution in [3.63, 3.8) is 0 Å². The first-order valence-electron chi connectivity index (χ1n) is 5.24. The van der Waals surface area contributed by atoms with Crippen LogP contribution in [0, 0.1) is 0 Å². The predicted octanol–water partition coefficient (Wildman–Crippen LogP) is 1.84. The number of nitrogens with one attached hydrogen (secondary N) is 1. The van der Waals surface area contributed by atoms with Gasteiger partial charge in [0.2, 0.25) is 0 Å². The van der Waals surface area contributed by atoms with Gasteiger partial charge in [-0.25, -0.2) is 4.79 Å². The lowest BCUT2D eigenvalue weighted by atomic mass is 10.2. The van der Waals surface area contributed by atoms with E-state index in [4.69, 9.17) is 14.5 Å². The standard InChI is InChI=1S/C11H16NO5P/c1-11(2,3)17-10(13)12-8-5-4-6-9(7-8)18(14,15)16/h4-7H,1-3H3,(H,12,13)(H2,14,15,16). The van der Waals surface area contributed by atoms with Crippen LogP contribution in [0.25, 0.3) is 0 Å². The molecule has 1 rings (SSSR count). The van der Waals surface area contributed by atoms with E-state index in [0.717, 1.165) is 0 Å². The molecule has 0 fully saturated rings. The highest BCUT2D eigenvalue weighted by atomic mass is 31.2. The normalized spacial score (nSPS) is 12.1. The molecule has 0 saturated carbocycles. The van der Waals surface area contributed by atoms with Gasteiger partial charge in [-0.15, -0.1) is 0 Å². The fourth-order valence-electron chi connectivity index (χ4n) is 1.19. The van der Waals surface area contributed by atoms with Crippen molar-refractivity contribution >= 4 is 24.7 Å². The SMILES string of the molecule is CC(C)(C)OC(=O)Nc1cccc(P(=O)(O)O)c1. The van der Waals surface area contributed by atoms with Crippen LogP contribution in [-0.2, 0) is 9.30 Å². The van der Waals surface area contributed by atoms with E-state index in [2.05, 4.69) is 5.32 Å². The summed E-state index contributed by atoms with van der Waals surface area (Å²) in [6.45, 7) is 5.16. The van der Waals surface area contributed by atoms with Gasteiger partial charge >= 0.3 is 13.7 Å². The number of anilines is 1. The molecule has 1 amide bonds. The van der Waals surface area contributed by atoms with Gasteiger partial charge in [-0.05, 0) is 39.0 Å². The minimum Gasteiger partial charge on any atom is -0.444 e. The van der Waals surface area contributed by atoms with Crippen LogP contribution in [0.5, 0.6) is 0 Å². The molecule has 0 spiro atoms. The van der Waals surface area contributed by atoms with Gasteiger partial charge in [0, 0.05) is 5.69 Å². The first-order valence-corrected chi connectivity index (χ1v) is 6.85. The summed E-state index contributed by atoms with van der Waals surface area (Å²) in [5, 5.41) is 2.25. The maximum absolute atomic E-state index is 11.5. The Morgan fingerprint density at radius 1 is 1.33 bits per heavy atom. The molecule has 6 nitrogen and oxygen atoms in total. The fraction of sp³-hybridized carbons (Fsp3) is 0.364. The average Bonchev–Trinajstić information content (AvgIpc) is 2.13. The molecule has 0 saturated heterocycles. The third-order valence-corrected chi connectivity index (χ3v) is 2.78. The summed E-state index contributed by atoms with van der Waals surface area (Å²) in [6, 6.07) is 5.47. The third-order valence-electron chi connectivity index (χ3n) is 1.83. The Balaban J connectivity index is 2.81. The average molecular weight is 273 g/mol. The Morgan fingerprint density at radius 2 is 1.94 bits per heavy atom. The highest BCUT2D eigenvalue weighted by Crippen LogP contribution is 2.33. The predicted molar refractivity (Wildman–Crippen MR) is 68.0 cm³/mol. The third kappa shape index (κ3) is 4.87. The van der Waals surface area contributed by atoms with E-state index in [1.54, 1.807) is 20.8 Å². The van der Waals surface area contributed by atoms with Crippen LogP contribution in [0.15, 0.2) is 24.3 Å². The number of carbonyl (C=O) groups excluding carboxylic acids is 1. The van der Waals surface area contributed by atoms with Crippen molar-refractivity contribution in [1.82, 2.24) is 0 Å². The molecular formula is C11H16NO5P. The van der Waals surface area contributed by atoms with E-state index in [1.165, 1.54) is 24.3 Å². The van der Waals surface area contributed by atoms with Crippen molar-refractivity contribution in [2.24, 2.45) is 0 Å². The Kier molecular flexibility index (Phi) is 4.16. The molecule has 0 aliphatic rings. The fourth-order valence-corrected chi connectivity index (χ4v) is 1.77. The van der Waals surface area contributed by atoms with E-state index in [-0.39, 0.29) is 11.0 Å². The summed E-state index contributed by atoms with van der Waals surface area (Å²) < 4.78 is 16.1. The first kappa shape index (κ1) is 14.7. The van der Waals surface area contributed by atoms with Crippen LogP contribution >= 0.6 is 7.60 Å². The van der Waals surface area contributed by atoms with Crippen molar-refractivity contribution in [1.29, 1.82) is 0 Å². The van der Waals surface area contributed by atoms with Crippen molar-refractivity contribution in [3.05, 3.63) is 24.3 Å².